The molecule has 3 aromatic rings. The highest BCUT2D eigenvalue weighted by Crippen LogP contribution is 2.30. The van der Waals surface area contributed by atoms with E-state index >= 15 is 0 Å². The van der Waals surface area contributed by atoms with E-state index in [2.05, 4.69) is 13.8 Å². The fourth-order valence-corrected chi connectivity index (χ4v) is 4.30. The molecule has 0 radical (unpaired) electrons. The van der Waals surface area contributed by atoms with Crippen LogP contribution in [0.2, 0.25) is 5.02 Å². The molecular formula is C22H23ClNO4+. The second-order valence-corrected chi connectivity index (χ2v) is 7.90. The van der Waals surface area contributed by atoms with Crippen molar-refractivity contribution in [3.05, 3.63) is 63.5 Å². The maximum absolute atomic E-state index is 13.1. The summed E-state index contributed by atoms with van der Waals surface area (Å²) in [5.74, 6) is 0.139. The summed E-state index contributed by atoms with van der Waals surface area (Å²) in [5.41, 5.74) is 1.97. The van der Waals surface area contributed by atoms with E-state index in [1.54, 1.807) is 24.3 Å². The molecule has 1 aliphatic heterocycles. The van der Waals surface area contributed by atoms with Crippen LogP contribution in [0.4, 0.5) is 0 Å². The predicted octanol–water partition coefficient (Wildman–Crippen LogP) is 3.01. The number of hydrogen-bond acceptors (Lipinski definition) is 4. The summed E-state index contributed by atoms with van der Waals surface area (Å²) in [4.78, 5) is 14.4. The number of phenols is 1. The molecule has 2 heterocycles. The molecule has 1 fully saturated rings. The Labute approximate surface area is 168 Å². The summed E-state index contributed by atoms with van der Waals surface area (Å²) in [6.45, 7) is 6.34. The Morgan fingerprint density at radius 3 is 2.54 bits per heavy atom. The number of benzene rings is 2. The van der Waals surface area contributed by atoms with Crippen LogP contribution in [0.5, 0.6) is 5.75 Å². The van der Waals surface area contributed by atoms with E-state index in [-0.39, 0.29) is 23.4 Å². The molecule has 0 aliphatic carbocycles. The maximum atomic E-state index is 13.1. The second kappa shape index (κ2) is 7.59. The van der Waals surface area contributed by atoms with Gasteiger partial charge in [0.25, 0.3) is 0 Å². The summed E-state index contributed by atoms with van der Waals surface area (Å²) in [7, 11) is 0. The highest BCUT2D eigenvalue weighted by molar-refractivity contribution is 6.33. The lowest BCUT2D eigenvalue weighted by atomic mass is 10.0. The fourth-order valence-electron chi connectivity index (χ4n) is 4.07. The van der Waals surface area contributed by atoms with Crippen molar-refractivity contribution >= 4 is 22.6 Å². The van der Waals surface area contributed by atoms with E-state index in [4.69, 9.17) is 20.8 Å². The quantitative estimate of drug-likeness (QED) is 0.709. The molecule has 1 saturated heterocycles. The number of ether oxygens (including phenoxy) is 1. The molecule has 6 heteroatoms. The van der Waals surface area contributed by atoms with Crippen LogP contribution >= 0.6 is 11.6 Å². The van der Waals surface area contributed by atoms with Crippen LogP contribution in [0.15, 0.2) is 51.9 Å². The molecule has 0 unspecified atom stereocenters. The second-order valence-electron chi connectivity index (χ2n) is 7.49. The molecule has 28 heavy (non-hydrogen) atoms. The first-order valence-corrected chi connectivity index (χ1v) is 9.82. The molecule has 0 bridgehead atoms. The molecule has 146 valence electrons. The maximum Gasteiger partial charge on any atom is 0.200 e. The van der Waals surface area contributed by atoms with Crippen LogP contribution < -0.4 is 10.3 Å². The van der Waals surface area contributed by atoms with E-state index in [1.807, 2.05) is 12.1 Å². The zero-order valence-corrected chi connectivity index (χ0v) is 16.6. The van der Waals surface area contributed by atoms with Gasteiger partial charge in [-0.1, -0.05) is 29.8 Å². The molecule has 0 saturated carbocycles. The first-order chi connectivity index (χ1) is 13.4. The van der Waals surface area contributed by atoms with Crippen molar-refractivity contribution in [2.45, 2.75) is 32.6 Å². The van der Waals surface area contributed by atoms with Crippen LogP contribution in [-0.4, -0.2) is 30.4 Å². The summed E-state index contributed by atoms with van der Waals surface area (Å²) in [6.07, 6.45) is 1.73. The molecule has 0 spiro atoms. The van der Waals surface area contributed by atoms with Gasteiger partial charge in [-0.05, 0) is 32.0 Å². The van der Waals surface area contributed by atoms with Crippen molar-refractivity contribution in [3.63, 3.8) is 0 Å². The number of morpholine rings is 1. The summed E-state index contributed by atoms with van der Waals surface area (Å²) >= 11 is 6.26. The molecule has 5 nitrogen and oxygen atoms in total. The molecule has 2 atom stereocenters. The molecule has 4 rings (SSSR count). The largest absolute Gasteiger partial charge is 0.507 e. The Hall–Kier alpha value is -2.34. The molecule has 2 aromatic carbocycles. The fraction of sp³-hybridized carbons (Fsp3) is 0.318. The number of rotatable bonds is 3. The minimum atomic E-state index is -0.158. The van der Waals surface area contributed by atoms with Gasteiger partial charge in [-0.3, -0.25) is 4.79 Å². The van der Waals surface area contributed by atoms with E-state index in [0.29, 0.717) is 39.2 Å². The van der Waals surface area contributed by atoms with Gasteiger partial charge >= 0.3 is 0 Å². The van der Waals surface area contributed by atoms with Gasteiger partial charge < -0.3 is 19.2 Å². The number of hydrogen-bond donors (Lipinski definition) is 2. The lowest BCUT2D eigenvalue weighted by Crippen LogP contribution is -3.14. The van der Waals surface area contributed by atoms with Gasteiger partial charge in [-0.2, -0.15) is 0 Å². The van der Waals surface area contributed by atoms with E-state index in [0.717, 1.165) is 13.1 Å². The first-order valence-electron chi connectivity index (χ1n) is 9.44. The average molecular weight is 401 g/mol. The smallest absolute Gasteiger partial charge is 0.200 e. The standard InChI is InChI=1S/C22H22ClNO4/c1-13-9-24(10-14(2)28-13)11-17-20(25)8-7-16-21(26)18(12-27-22(16)17)15-5-3-4-6-19(15)23/h3-8,12-14,25H,9-11H2,1-2H3/p+1/t13-,14-/m0/s1. The number of quaternary nitrogens is 1. The van der Waals surface area contributed by atoms with Crippen molar-refractivity contribution in [3.8, 4) is 16.9 Å². The monoisotopic (exact) mass is 400 g/mol. The Balaban J connectivity index is 1.78. The average Bonchev–Trinajstić information content (AvgIpc) is 2.64. The first kappa shape index (κ1) is 19.0. The Morgan fingerprint density at radius 2 is 1.82 bits per heavy atom. The topological polar surface area (TPSA) is 64.1 Å². The van der Waals surface area contributed by atoms with Gasteiger partial charge in [-0.25, -0.2) is 0 Å². The lowest BCUT2D eigenvalue weighted by molar-refractivity contribution is -0.928. The van der Waals surface area contributed by atoms with Crippen LogP contribution in [0.25, 0.3) is 22.1 Å². The number of nitrogens with one attached hydrogen (secondary N) is 1. The van der Waals surface area contributed by atoms with Crippen LogP contribution in [0.3, 0.4) is 0 Å². The van der Waals surface area contributed by atoms with Gasteiger partial charge in [0.2, 0.25) is 5.43 Å². The normalized spacial score (nSPS) is 22.5. The summed E-state index contributed by atoms with van der Waals surface area (Å²) < 4.78 is 11.7. The van der Waals surface area contributed by atoms with Gasteiger partial charge in [-0.15, -0.1) is 0 Å². The van der Waals surface area contributed by atoms with Crippen molar-refractivity contribution in [1.82, 2.24) is 0 Å². The number of aromatic hydroxyl groups is 1. The molecule has 1 aromatic heterocycles. The van der Waals surface area contributed by atoms with E-state index in [1.165, 1.54) is 11.2 Å². The number of halogens is 1. The van der Waals surface area contributed by atoms with Gasteiger partial charge in [0, 0.05) is 10.6 Å². The molecular weight excluding hydrogens is 378 g/mol. The van der Waals surface area contributed by atoms with Crippen LogP contribution in [0.1, 0.15) is 19.4 Å². The molecule has 1 aliphatic rings. The predicted molar refractivity (Wildman–Crippen MR) is 109 cm³/mol. The van der Waals surface area contributed by atoms with E-state index < -0.39 is 0 Å². The zero-order valence-electron chi connectivity index (χ0n) is 15.9. The lowest BCUT2D eigenvalue weighted by Gasteiger charge is -2.32. The van der Waals surface area contributed by atoms with Crippen molar-refractivity contribution in [1.29, 1.82) is 0 Å². The van der Waals surface area contributed by atoms with Crippen LogP contribution in [0, 0.1) is 0 Å². The van der Waals surface area contributed by atoms with Gasteiger partial charge in [0.15, 0.2) is 0 Å². The third kappa shape index (κ3) is 3.53. The number of fused-ring (bicyclic) bond motifs is 1. The SMILES string of the molecule is C[C@H]1C[NH+](Cc2c(O)ccc3c(=O)c(-c4ccccc4Cl)coc23)C[C@H](C)O1. The highest BCUT2D eigenvalue weighted by atomic mass is 35.5. The minimum Gasteiger partial charge on any atom is -0.507 e. The zero-order chi connectivity index (χ0) is 19.8. The molecule has 2 N–H and O–H groups in total. The van der Waals surface area contributed by atoms with Crippen LogP contribution in [-0.2, 0) is 11.3 Å². The van der Waals surface area contributed by atoms with Crippen molar-refractivity contribution < 1.29 is 19.2 Å². The summed E-state index contributed by atoms with van der Waals surface area (Å²) in [6, 6.07) is 10.4. The van der Waals surface area contributed by atoms with E-state index in [9.17, 15) is 9.90 Å². The Kier molecular flexibility index (Phi) is 5.15. The van der Waals surface area contributed by atoms with Crippen molar-refractivity contribution in [2.24, 2.45) is 0 Å². The number of phenolic OH excluding ortho intramolecular Hbond substituents is 1. The van der Waals surface area contributed by atoms with Gasteiger partial charge in [0.1, 0.15) is 49.4 Å². The third-order valence-electron chi connectivity index (χ3n) is 5.23. The van der Waals surface area contributed by atoms with Crippen molar-refractivity contribution in [2.75, 3.05) is 13.1 Å². The Morgan fingerprint density at radius 1 is 1.11 bits per heavy atom. The minimum absolute atomic E-state index is 0.139. The third-order valence-corrected chi connectivity index (χ3v) is 5.56. The summed E-state index contributed by atoms with van der Waals surface area (Å²) in [5, 5.41) is 11.4. The molecule has 0 amide bonds. The van der Waals surface area contributed by atoms with Gasteiger partial charge in [0.05, 0.1) is 16.5 Å². The Bertz CT molecular complexity index is 1070. The highest BCUT2D eigenvalue weighted by Gasteiger charge is 2.28.